The van der Waals surface area contributed by atoms with Crippen molar-refractivity contribution in [2.24, 2.45) is 11.8 Å². The summed E-state index contributed by atoms with van der Waals surface area (Å²) < 4.78 is 0. The maximum atomic E-state index is 12.8. The summed E-state index contributed by atoms with van der Waals surface area (Å²) in [5.41, 5.74) is 2.16. The van der Waals surface area contributed by atoms with Crippen molar-refractivity contribution in [3.63, 3.8) is 0 Å². The Balaban J connectivity index is 1.65. The number of carbonyl (C=O) groups excluding carboxylic acids is 2. The van der Waals surface area contributed by atoms with Gasteiger partial charge in [-0.25, -0.2) is 0 Å². The molecule has 0 fully saturated rings. The van der Waals surface area contributed by atoms with Gasteiger partial charge in [-0.2, -0.15) is 0 Å². The number of thioether (sulfide) groups is 1. The second kappa shape index (κ2) is 11.4. The fraction of sp³-hybridized carbons (Fsp3) is 0.320. The normalized spacial score (nSPS) is 18.4. The van der Waals surface area contributed by atoms with E-state index in [0.29, 0.717) is 35.7 Å². The molecule has 0 aromatic heterocycles. The molecular weight excluding hydrogens is 460 g/mol. The van der Waals surface area contributed by atoms with Crippen LogP contribution in [0.4, 0.5) is 11.4 Å². The molecule has 0 radical (unpaired) electrons. The highest BCUT2D eigenvalue weighted by atomic mass is 35.5. The minimum Gasteiger partial charge on any atom is -0.481 e. The van der Waals surface area contributed by atoms with Crippen LogP contribution in [0.25, 0.3) is 0 Å². The Hall–Kier alpha value is -2.77. The average molecular weight is 487 g/mol. The first-order valence-electron chi connectivity index (χ1n) is 10.8. The van der Waals surface area contributed by atoms with E-state index in [-0.39, 0.29) is 17.1 Å². The monoisotopic (exact) mass is 486 g/mol. The van der Waals surface area contributed by atoms with Gasteiger partial charge in [-0.1, -0.05) is 42.8 Å². The van der Waals surface area contributed by atoms with E-state index >= 15 is 0 Å². The summed E-state index contributed by atoms with van der Waals surface area (Å²) in [5.74, 6) is -2.74. The Labute approximate surface area is 202 Å². The van der Waals surface area contributed by atoms with Crippen molar-refractivity contribution < 1.29 is 19.5 Å². The predicted octanol–water partition coefficient (Wildman–Crippen LogP) is 5.76. The molecule has 2 aromatic carbocycles. The van der Waals surface area contributed by atoms with Crippen molar-refractivity contribution in [1.82, 2.24) is 0 Å². The molecule has 2 amide bonds. The van der Waals surface area contributed by atoms with Crippen LogP contribution in [0.2, 0.25) is 5.02 Å². The molecule has 1 aliphatic carbocycles. The smallest absolute Gasteiger partial charge is 0.307 e. The summed E-state index contributed by atoms with van der Waals surface area (Å²) in [5, 5.41) is 15.4. The van der Waals surface area contributed by atoms with Crippen LogP contribution < -0.4 is 10.6 Å². The van der Waals surface area contributed by atoms with Gasteiger partial charge in [0.15, 0.2) is 0 Å². The number of benzene rings is 2. The highest BCUT2D eigenvalue weighted by molar-refractivity contribution is 8.00. The molecule has 3 N–H and O–H groups in total. The topological polar surface area (TPSA) is 95.5 Å². The Morgan fingerprint density at radius 3 is 2.42 bits per heavy atom. The minimum absolute atomic E-state index is 0.129. The highest BCUT2D eigenvalue weighted by Gasteiger charge is 2.34. The Kier molecular flexibility index (Phi) is 8.58. The molecule has 8 heteroatoms. The summed E-state index contributed by atoms with van der Waals surface area (Å²) >= 11 is 7.56. The lowest BCUT2D eigenvalue weighted by Crippen LogP contribution is -2.34. The molecule has 3 atom stereocenters. The lowest BCUT2D eigenvalue weighted by atomic mass is 9.82. The second-order valence-corrected chi connectivity index (χ2v) is 9.66. The molecule has 0 spiro atoms. The number of carboxylic acid groups (broad SMARTS) is 1. The van der Waals surface area contributed by atoms with E-state index < -0.39 is 17.8 Å². The largest absolute Gasteiger partial charge is 0.481 e. The molecule has 3 rings (SSSR count). The number of aliphatic carboxylic acids is 1. The molecular formula is C25H27ClN2O4S. The molecule has 6 nitrogen and oxygen atoms in total. The van der Waals surface area contributed by atoms with Crippen molar-refractivity contribution >= 4 is 52.5 Å². The van der Waals surface area contributed by atoms with E-state index in [4.69, 9.17) is 11.6 Å². The quantitative estimate of drug-likeness (QED) is 0.325. The number of hydrogen-bond donors (Lipinski definition) is 3. The summed E-state index contributed by atoms with van der Waals surface area (Å²) in [7, 11) is 0. The zero-order valence-electron chi connectivity index (χ0n) is 18.5. The number of carboxylic acids is 1. The number of allylic oxidation sites excluding steroid dienone is 2. The first-order chi connectivity index (χ1) is 15.8. The van der Waals surface area contributed by atoms with Crippen LogP contribution in [0.3, 0.4) is 0 Å². The first-order valence-corrected chi connectivity index (χ1v) is 12.1. The van der Waals surface area contributed by atoms with Crippen LogP contribution in [0.1, 0.15) is 31.7 Å². The van der Waals surface area contributed by atoms with Crippen molar-refractivity contribution in [2.75, 3.05) is 10.6 Å². The van der Waals surface area contributed by atoms with Crippen LogP contribution in [0, 0.1) is 18.8 Å². The van der Waals surface area contributed by atoms with Crippen LogP contribution >= 0.6 is 23.4 Å². The average Bonchev–Trinajstić information content (AvgIpc) is 2.80. The van der Waals surface area contributed by atoms with Gasteiger partial charge in [-0.15, -0.1) is 11.8 Å². The molecule has 0 saturated heterocycles. The van der Waals surface area contributed by atoms with Gasteiger partial charge >= 0.3 is 5.97 Å². The van der Waals surface area contributed by atoms with E-state index in [0.717, 1.165) is 10.5 Å². The van der Waals surface area contributed by atoms with Crippen molar-refractivity contribution in [2.45, 2.75) is 43.3 Å². The SMILES string of the molecule is CCC(Sc1cccc(NC(=O)C2CC=CCC2C(=O)O)c1)C(=O)Nc1ccc(C)c(Cl)c1. The van der Waals surface area contributed by atoms with Gasteiger partial charge in [-0.05, 0) is 62.1 Å². The number of carbonyl (C=O) groups is 3. The van der Waals surface area contributed by atoms with Crippen LogP contribution in [-0.2, 0) is 14.4 Å². The number of anilines is 2. The van der Waals surface area contributed by atoms with Gasteiger partial charge in [0, 0.05) is 21.3 Å². The molecule has 0 aliphatic heterocycles. The molecule has 0 saturated carbocycles. The van der Waals surface area contributed by atoms with Crippen molar-refractivity contribution in [1.29, 1.82) is 0 Å². The van der Waals surface area contributed by atoms with Gasteiger partial charge in [-0.3, -0.25) is 14.4 Å². The van der Waals surface area contributed by atoms with E-state index in [2.05, 4.69) is 10.6 Å². The number of hydrogen-bond acceptors (Lipinski definition) is 4. The third-order valence-corrected chi connectivity index (χ3v) is 7.33. The fourth-order valence-electron chi connectivity index (χ4n) is 3.64. The van der Waals surface area contributed by atoms with E-state index in [9.17, 15) is 19.5 Å². The van der Waals surface area contributed by atoms with Gasteiger partial charge in [0.2, 0.25) is 11.8 Å². The summed E-state index contributed by atoms with van der Waals surface area (Å²) in [6, 6.07) is 12.6. The number of halogens is 1. The third kappa shape index (κ3) is 6.62. The predicted molar refractivity (Wildman–Crippen MR) is 133 cm³/mol. The zero-order chi connectivity index (χ0) is 24.0. The fourth-order valence-corrected chi connectivity index (χ4v) is 4.83. The van der Waals surface area contributed by atoms with E-state index in [1.165, 1.54) is 11.8 Å². The summed E-state index contributed by atoms with van der Waals surface area (Å²) in [6.07, 6.45) is 5.02. The van der Waals surface area contributed by atoms with Gasteiger partial charge in [0.1, 0.15) is 0 Å². The van der Waals surface area contributed by atoms with Crippen molar-refractivity contribution in [3.05, 3.63) is 65.2 Å². The maximum Gasteiger partial charge on any atom is 0.307 e. The number of rotatable bonds is 8. The zero-order valence-corrected chi connectivity index (χ0v) is 20.1. The van der Waals surface area contributed by atoms with Crippen molar-refractivity contribution in [3.8, 4) is 0 Å². The lowest BCUT2D eigenvalue weighted by molar-refractivity contribution is -0.146. The maximum absolute atomic E-state index is 12.8. The molecule has 0 bridgehead atoms. The summed E-state index contributed by atoms with van der Waals surface area (Å²) in [6.45, 7) is 3.84. The first kappa shape index (κ1) is 24.9. The Bertz CT molecular complexity index is 1070. The number of amides is 2. The van der Waals surface area contributed by atoms with Gasteiger partial charge in [0.25, 0.3) is 0 Å². The molecule has 0 heterocycles. The minimum atomic E-state index is -0.963. The van der Waals surface area contributed by atoms with Crippen LogP contribution in [-0.4, -0.2) is 28.1 Å². The highest BCUT2D eigenvalue weighted by Crippen LogP contribution is 2.31. The molecule has 174 valence electrons. The molecule has 3 unspecified atom stereocenters. The summed E-state index contributed by atoms with van der Waals surface area (Å²) in [4.78, 5) is 37.9. The van der Waals surface area contributed by atoms with Gasteiger partial charge in [0.05, 0.1) is 17.1 Å². The lowest BCUT2D eigenvalue weighted by Gasteiger charge is -2.24. The molecule has 2 aromatic rings. The van der Waals surface area contributed by atoms with Crippen LogP contribution in [0.5, 0.6) is 0 Å². The number of nitrogens with one attached hydrogen (secondary N) is 2. The second-order valence-electron chi connectivity index (χ2n) is 7.98. The van der Waals surface area contributed by atoms with E-state index in [1.54, 1.807) is 30.3 Å². The standard InChI is InChI=1S/C25H27ClN2O4S/c1-3-22(24(30)28-17-12-11-15(2)21(26)14-17)33-18-8-6-7-16(13-18)27-23(29)19-9-4-5-10-20(19)25(31)32/h4-8,11-14,19-20,22H,3,9-10H2,1-2H3,(H,27,29)(H,28,30)(H,31,32). The molecule has 1 aliphatic rings. The third-order valence-electron chi connectivity index (χ3n) is 5.57. The number of aryl methyl sites for hydroxylation is 1. The Morgan fingerprint density at radius 2 is 1.76 bits per heavy atom. The van der Waals surface area contributed by atoms with Gasteiger partial charge < -0.3 is 15.7 Å². The van der Waals surface area contributed by atoms with E-state index in [1.807, 2.05) is 38.1 Å². The molecule has 33 heavy (non-hydrogen) atoms. The Morgan fingerprint density at radius 1 is 1.06 bits per heavy atom. The van der Waals surface area contributed by atoms with Crippen LogP contribution in [0.15, 0.2) is 59.5 Å².